The van der Waals surface area contributed by atoms with E-state index in [1.165, 1.54) is 6.26 Å². The lowest BCUT2D eigenvalue weighted by molar-refractivity contribution is 0.102. The monoisotopic (exact) mass is 356 g/mol. The fourth-order valence-electron chi connectivity index (χ4n) is 3.06. The highest BCUT2D eigenvalue weighted by Gasteiger charge is 2.16. The van der Waals surface area contributed by atoms with Crippen LogP contribution in [0.4, 0.5) is 5.69 Å². The van der Waals surface area contributed by atoms with Crippen molar-refractivity contribution in [2.45, 2.75) is 13.5 Å². The summed E-state index contributed by atoms with van der Waals surface area (Å²) in [6, 6.07) is 17.5. The molecule has 6 heteroatoms. The summed E-state index contributed by atoms with van der Waals surface area (Å²) >= 11 is 0. The summed E-state index contributed by atoms with van der Waals surface area (Å²) in [4.78, 5) is 12.5. The number of anilines is 1. The Kier molecular flexibility index (Phi) is 4.19. The number of hydrogen-bond donors (Lipinski definition) is 1. The van der Waals surface area contributed by atoms with Gasteiger partial charge in [-0.3, -0.25) is 4.79 Å². The molecular weight excluding hydrogens is 340 g/mol. The Balaban J connectivity index is 1.67. The Morgan fingerprint density at radius 2 is 2.00 bits per heavy atom. The zero-order chi connectivity index (χ0) is 18.8. The highest BCUT2D eigenvalue weighted by Crippen LogP contribution is 2.27. The lowest BCUT2D eigenvalue weighted by Crippen LogP contribution is -2.12. The molecule has 2 heterocycles. The van der Waals surface area contributed by atoms with Crippen LogP contribution in [-0.4, -0.2) is 15.6 Å². The van der Waals surface area contributed by atoms with Crippen LogP contribution in [0.1, 0.15) is 27.2 Å². The molecule has 0 atom stereocenters. The van der Waals surface area contributed by atoms with Crippen molar-refractivity contribution >= 4 is 22.5 Å². The second-order valence-electron chi connectivity index (χ2n) is 6.26. The molecule has 2 aromatic heterocycles. The number of aromatic nitrogens is 2. The third-order valence-corrected chi connectivity index (χ3v) is 4.47. The molecule has 132 valence electrons. The molecule has 1 N–H and O–H groups in total. The summed E-state index contributed by atoms with van der Waals surface area (Å²) in [5.74, 6) is -0.255. The summed E-state index contributed by atoms with van der Waals surface area (Å²) in [5.41, 5.74) is 4.41. The third kappa shape index (κ3) is 3.18. The van der Waals surface area contributed by atoms with Crippen LogP contribution < -0.4 is 5.32 Å². The number of nitriles is 1. The van der Waals surface area contributed by atoms with Crippen LogP contribution in [0.3, 0.4) is 0 Å². The average Bonchev–Trinajstić information content (AvgIpc) is 3.27. The molecule has 0 aliphatic rings. The van der Waals surface area contributed by atoms with Gasteiger partial charge in [0.15, 0.2) is 0 Å². The van der Waals surface area contributed by atoms with E-state index in [1.807, 2.05) is 42.6 Å². The quantitative estimate of drug-likeness (QED) is 0.596. The van der Waals surface area contributed by atoms with Crippen LogP contribution in [0.5, 0.6) is 0 Å². The first-order chi connectivity index (χ1) is 13.2. The number of carbonyl (C=O) groups is 1. The molecule has 0 aliphatic carbocycles. The molecule has 2 aromatic carbocycles. The van der Waals surface area contributed by atoms with Gasteiger partial charge in [-0.2, -0.15) is 5.26 Å². The highest BCUT2D eigenvalue weighted by atomic mass is 16.5. The lowest BCUT2D eigenvalue weighted by atomic mass is 10.1. The summed E-state index contributed by atoms with van der Waals surface area (Å²) in [5, 5.41) is 16.6. The Bertz CT molecular complexity index is 1160. The van der Waals surface area contributed by atoms with E-state index < -0.39 is 0 Å². The number of rotatable bonds is 4. The van der Waals surface area contributed by atoms with E-state index in [4.69, 9.17) is 9.78 Å². The normalized spacial score (nSPS) is 10.7. The molecule has 0 fully saturated rings. The van der Waals surface area contributed by atoms with Gasteiger partial charge in [-0.1, -0.05) is 35.5 Å². The molecule has 27 heavy (non-hydrogen) atoms. The number of fused-ring (bicyclic) bond motifs is 1. The summed E-state index contributed by atoms with van der Waals surface area (Å²) in [6.07, 6.45) is 3.27. The third-order valence-electron chi connectivity index (χ3n) is 4.47. The molecule has 0 saturated heterocycles. The molecule has 0 aliphatic heterocycles. The number of carbonyl (C=O) groups excluding carboxylic acids is 1. The van der Waals surface area contributed by atoms with Crippen molar-refractivity contribution in [1.29, 1.82) is 5.26 Å². The average molecular weight is 356 g/mol. The summed E-state index contributed by atoms with van der Waals surface area (Å²) < 4.78 is 6.93. The lowest BCUT2D eigenvalue weighted by Gasteiger charge is -2.05. The zero-order valence-corrected chi connectivity index (χ0v) is 14.6. The predicted molar refractivity (Wildman–Crippen MR) is 101 cm³/mol. The van der Waals surface area contributed by atoms with Gasteiger partial charge in [-0.05, 0) is 30.7 Å². The van der Waals surface area contributed by atoms with Gasteiger partial charge >= 0.3 is 0 Å². The van der Waals surface area contributed by atoms with Crippen molar-refractivity contribution in [3.05, 3.63) is 83.4 Å². The molecule has 6 nitrogen and oxygen atoms in total. The maximum Gasteiger partial charge on any atom is 0.260 e. The van der Waals surface area contributed by atoms with Gasteiger partial charge in [0.05, 0.1) is 28.5 Å². The number of nitrogens with zero attached hydrogens (tertiary/aromatic N) is 3. The first-order valence-electron chi connectivity index (χ1n) is 8.45. The van der Waals surface area contributed by atoms with Crippen LogP contribution in [0.2, 0.25) is 0 Å². The van der Waals surface area contributed by atoms with Crippen molar-refractivity contribution in [3.8, 4) is 6.07 Å². The van der Waals surface area contributed by atoms with Gasteiger partial charge < -0.3 is 14.4 Å². The molecule has 0 saturated carbocycles. The van der Waals surface area contributed by atoms with Crippen LogP contribution >= 0.6 is 0 Å². The van der Waals surface area contributed by atoms with Crippen LogP contribution in [0.15, 0.2) is 65.5 Å². The largest absolute Gasteiger partial charge is 0.364 e. The fraction of sp³-hybridized carbons (Fsp3) is 0.0952. The Morgan fingerprint density at radius 3 is 2.70 bits per heavy atom. The molecular formula is C21H16N4O2. The number of benzene rings is 2. The summed E-state index contributed by atoms with van der Waals surface area (Å²) in [6.45, 7) is 2.36. The Hall–Kier alpha value is -3.85. The van der Waals surface area contributed by atoms with Crippen LogP contribution in [0, 0.1) is 18.3 Å². The molecule has 0 spiro atoms. The van der Waals surface area contributed by atoms with E-state index in [1.54, 1.807) is 19.1 Å². The molecule has 1 amide bonds. The van der Waals surface area contributed by atoms with E-state index in [2.05, 4.69) is 21.1 Å². The topological polar surface area (TPSA) is 83.8 Å². The van der Waals surface area contributed by atoms with E-state index in [9.17, 15) is 4.79 Å². The SMILES string of the molecule is Cc1nocc1C(=O)Nc1cn(Cc2ccc(C#N)cc2)c2ccccc12. The zero-order valence-electron chi connectivity index (χ0n) is 14.6. The number of para-hydroxylation sites is 1. The van der Waals surface area contributed by atoms with Crippen molar-refractivity contribution in [1.82, 2.24) is 9.72 Å². The Morgan fingerprint density at radius 1 is 1.22 bits per heavy atom. The summed E-state index contributed by atoms with van der Waals surface area (Å²) in [7, 11) is 0. The second-order valence-corrected chi connectivity index (χ2v) is 6.26. The minimum absolute atomic E-state index is 0.255. The van der Waals surface area contributed by atoms with Gasteiger partial charge in [0, 0.05) is 18.1 Å². The first kappa shape index (κ1) is 16.6. The van der Waals surface area contributed by atoms with Gasteiger partial charge in [0.2, 0.25) is 0 Å². The van der Waals surface area contributed by atoms with Gasteiger partial charge in [0.25, 0.3) is 5.91 Å². The van der Waals surface area contributed by atoms with Crippen LogP contribution in [-0.2, 0) is 6.54 Å². The first-order valence-corrected chi connectivity index (χ1v) is 8.45. The molecule has 4 rings (SSSR count). The minimum atomic E-state index is -0.255. The van der Waals surface area contributed by atoms with Gasteiger partial charge in [0.1, 0.15) is 11.8 Å². The number of nitrogens with one attached hydrogen (secondary N) is 1. The van der Waals surface area contributed by atoms with Crippen molar-refractivity contribution < 1.29 is 9.32 Å². The van der Waals surface area contributed by atoms with Crippen molar-refractivity contribution in [2.24, 2.45) is 0 Å². The van der Waals surface area contributed by atoms with Gasteiger partial charge in [-0.15, -0.1) is 0 Å². The standard InChI is InChI=1S/C21H16N4O2/c1-14-18(13-27-24-14)21(26)23-19-12-25(20-5-3-2-4-17(19)20)11-16-8-6-15(10-22)7-9-16/h2-9,12-13H,11H2,1H3,(H,23,26). The number of amides is 1. The minimum Gasteiger partial charge on any atom is -0.364 e. The van der Waals surface area contributed by atoms with Gasteiger partial charge in [-0.25, -0.2) is 0 Å². The second kappa shape index (κ2) is 6.81. The molecule has 0 radical (unpaired) electrons. The van der Waals surface area contributed by atoms with E-state index in [0.29, 0.717) is 23.4 Å². The van der Waals surface area contributed by atoms with E-state index in [-0.39, 0.29) is 5.91 Å². The van der Waals surface area contributed by atoms with Crippen LogP contribution in [0.25, 0.3) is 10.9 Å². The van der Waals surface area contributed by atoms with Crippen molar-refractivity contribution in [3.63, 3.8) is 0 Å². The maximum absolute atomic E-state index is 12.5. The number of aryl methyl sites for hydroxylation is 1. The van der Waals surface area contributed by atoms with E-state index in [0.717, 1.165) is 22.2 Å². The molecule has 4 aromatic rings. The fourth-order valence-corrected chi connectivity index (χ4v) is 3.06. The smallest absolute Gasteiger partial charge is 0.260 e. The maximum atomic E-state index is 12.5. The van der Waals surface area contributed by atoms with Crippen molar-refractivity contribution in [2.75, 3.05) is 5.32 Å². The highest BCUT2D eigenvalue weighted by molar-refractivity contribution is 6.09. The Labute approximate surface area is 155 Å². The van der Waals surface area contributed by atoms with E-state index >= 15 is 0 Å². The predicted octanol–water partition coefficient (Wildman–Crippen LogP) is 4.11. The molecule has 0 unspecified atom stereocenters. The molecule has 0 bridgehead atoms. The number of hydrogen-bond acceptors (Lipinski definition) is 4.